The van der Waals surface area contributed by atoms with E-state index in [1.54, 1.807) is 6.92 Å². The van der Waals surface area contributed by atoms with Crippen molar-refractivity contribution in [3.63, 3.8) is 0 Å². The van der Waals surface area contributed by atoms with Crippen LogP contribution in [-0.2, 0) is 76.1 Å². The van der Waals surface area contributed by atoms with Gasteiger partial charge >= 0.3 is 35.8 Å². The van der Waals surface area contributed by atoms with E-state index < -0.39 is 104 Å². The Morgan fingerprint density at radius 1 is 0.537 bits per heavy atom. The topological polar surface area (TPSA) is 195 Å². The van der Waals surface area contributed by atoms with Crippen molar-refractivity contribution in [2.45, 2.75) is 110 Å². The van der Waals surface area contributed by atoms with Crippen LogP contribution in [0.3, 0.4) is 0 Å². The molecule has 0 amide bonds. The maximum absolute atomic E-state index is 12.1. The van der Waals surface area contributed by atoms with E-state index in [0.717, 1.165) is 41.5 Å². The zero-order valence-electron chi connectivity index (χ0n) is 24.0. The van der Waals surface area contributed by atoms with Crippen LogP contribution in [-0.4, -0.2) is 111 Å². The Hall–Kier alpha value is -3.34. The highest BCUT2D eigenvalue weighted by Gasteiger charge is 2.56. The third-order valence-corrected chi connectivity index (χ3v) is 5.80. The van der Waals surface area contributed by atoms with E-state index >= 15 is 0 Å². The van der Waals surface area contributed by atoms with E-state index in [1.165, 1.54) is 7.11 Å². The Morgan fingerprint density at radius 2 is 0.951 bits per heavy atom. The van der Waals surface area contributed by atoms with Crippen LogP contribution in [0.25, 0.3) is 0 Å². The van der Waals surface area contributed by atoms with Crippen LogP contribution in [0.1, 0.15) is 48.5 Å². The molecule has 0 aromatic rings. The van der Waals surface area contributed by atoms with Crippen LogP contribution in [0.15, 0.2) is 0 Å². The SMILES string of the molecule is COC1OC(C)C(OC2OC(COC(C)=O)C(OC(C)=O)C(OC(C)=O)C2OC(C)=O)C(OC(C)=O)C1OC(C)=O. The number of rotatable bonds is 10. The summed E-state index contributed by atoms with van der Waals surface area (Å²) in [6, 6.07) is 0. The number of hydrogen-bond acceptors (Lipinski definition) is 16. The van der Waals surface area contributed by atoms with Crippen LogP contribution < -0.4 is 0 Å². The summed E-state index contributed by atoms with van der Waals surface area (Å²) in [5.74, 6) is -4.67. The van der Waals surface area contributed by atoms with Crippen molar-refractivity contribution < 1.29 is 76.1 Å². The first-order valence-corrected chi connectivity index (χ1v) is 12.6. The van der Waals surface area contributed by atoms with Crippen LogP contribution in [0, 0.1) is 0 Å². The van der Waals surface area contributed by atoms with Crippen molar-refractivity contribution in [2.24, 2.45) is 0 Å². The highest BCUT2D eigenvalue weighted by molar-refractivity contribution is 5.69. The molecule has 0 saturated carbocycles. The lowest BCUT2D eigenvalue weighted by molar-refractivity contribution is -0.355. The normalized spacial score (nSPS) is 33.1. The summed E-state index contributed by atoms with van der Waals surface area (Å²) in [4.78, 5) is 71.6. The Morgan fingerprint density at radius 3 is 1.39 bits per heavy atom. The number of carbonyl (C=O) groups excluding carboxylic acids is 6. The lowest BCUT2D eigenvalue weighted by Gasteiger charge is -2.48. The van der Waals surface area contributed by atoms with Gasteiger partial charge in [0.05, 0.1) is 6.10 Å². The van der Waals surface area contributed by atoms with Crippen LogP contribution in [0.5, 0.6) is 0 Å². The summed E-state index contributed by atoms with van der Waals surface area (Å²) in [7, 11) is 1.29. The van der Waals surface area contributed by atoms with Gasteiger partial charge in [-0.15, -0.1) is 0 Å². The largest absolute Gasteiger partial charge is 0.463 e. The van der Waals surface area contributed by atoms with Crippen molar-refractivity contribution in [1.29, 1.82) is 0 Å². The zero-order valence-corrected chi connectivity index (χ0v) is 24.0. The molecule has 2 heterocycles. The fourth-order valence-corrected chi connectivity index (χ4v) is 4.45. The van der Waals surface area contributed by atoms with Crippen molar-refractivity contribution in [3.05, 3.63) is 0 Å². The third-order valence-electron chi connectivity index (χ3n) is 5.80. The van der Waals surface area contributed by atoms with Crippen LogP contribution >= 0.6 is 0 Å². The molecule has 0 N–H and O–H groups in total. The summed E-state index contributed by atoms with van der Waals surface area (Å²) in [5, 5.41) is 0. The number of methoxy groups -OCH3 is 1. The highest BCUT2D eigenvalue weighted by Crippen LogP contribution is 2.35. The maximum Gasteiger partial charge on any atom is 0.303 e. The molecule has 16 nitrogen and oxygen atoms in total. The first-order valence-electron chi connectivity index (χ1n) is 12.6. The third kappa shape index (κ3) is 9.62. The predicted octanol–water partition coefficient (Wildman–Crippen LogP) is -0.291. The van der Waals surface area contributed by atoms with Gasteiger partial charge in [0, 0.05) is 48.7 Å². The molecule has 10 unspecified atom stereocenters. The molecule has 2 saturated heterocycles. The molecule has 2 aliphatic heterocycles. The summed E-state index contributed by atoms with van der Waals surface area (Å²) in [5.41, 5.74) is 0. The molecule has 2 aliphatic rings. The quantitative estimate of drug-likeness (QED) is 0.237. The minimum absolute atomic E-state index is 0.483. The zero-order chi connectivity index (χ0) is 31.0. The van der Waals surface area contributed by atoms with Gasteiger partial charge in [-0.2, -0.15) is 0 Å². The monoisotopic (exact) mass is 592 g/mol. The summed E-state index contributed by atoms with van der Waals surface area (Å²) in [6.07, 6.45) is -13.3. The molecule has 16 heteroatoms. The molecular weight excluding hydrogens is 556 g/mol. The van der Waals surface area contributed by atoms with E-state index in [9.17, 15) is 28.8 Å². The lowest BCUT2D eigenvalue weighted by atomic mass is 9.96. The highest BCUT2D eigenvalue weighted by atomic mass is 16.8. The molecule has 41 heavy (non-hydrogen) atoms. The second kappa shape index (κ2) is 15.0. The van der Waals surface area contributed by atoms with E-state index in [2.05, 4.69) is 0 Å². The van der Waals surface area contributed by atoms with Crippen LogP contribution in [0.4, 0.5) is 0 Å². The Bertz CT molecular complexity index is 981. The molecule has 0 spiro atoms. The van der Waals surface area contributed by atoms with E-state index in [1.807, 2.05) is 0 Å². The Balaban J connectivity index is 2.58. The van der Waals surface area contributed by atoms with E-state index in [0.29, 0.717) is 0 Å². The fourth-order valence-electron chi connectivity index (χ4n) is 4.45. The average Bonchev–Trinajstić information content (AvgIpc) is 2.83. The molecule has 2 rings (SSSR count). The molecule has 10 atom stereocenters. The molecule has 0 radical (unpaired) electrons. The Labute approximate surface area is 236 Å². The predicted molar refractivity (Wildman–Crippen MR) is 129 cm³/mol. The molecule has 0 bridgehead atoms. The summed E-state index contributed by atoms with van der Waals surface area (Å²) in [6.45, 7) is 7.68. The average molecular weight is 593 g/mol. The van der Waals surface area contributed by atoms with Crippen LogP contribution in [0.2, 0.25) is 0 Å². The standard InChI is InChI=1S/C25H36O16/c1-10-18(20(36-13(4)28)22(38-15(6)30)24(32-8)34-10)41-25-23(39-16(7)31)21(37-14(5)29)19(35-12(3)27)17(40-25)9-33-11(2)26/h10,17-25H,9H2,1-8H3. The molecule has 2 fully saturated rings. The summed E-state index contributed by atoms with van der Waals surface area (Å²) >= 11 is 0. The lowest BCUT2D eigenvalue weighted by Crippen LogP contribution is -2.66. The van der Waals surface area contributed by atoms with Crippen molar-refractivity contribution >= 4 is 35.8 Å². The van der Waals surface area contributed by atoms with Gasteiger partial charge in [-0.1, -0.05) is 0 Å². The second-order valence-corrected chi connectivity index (χ2v) is 9.26. The fraction of sp³-hybridized carbons (Fsp3) is 0.760. The van der Waals surface area contributed by atoms with E-state index in [-0.39, 0.29) is 0 Å². The van der Waals surface area contributed by atoms with Crippen molar-refractivity contribution in [2.75, 3.05) is 13.7 Å². The maximum atomic E-state index is 12.1. The number of hydrogen-bond donors (Lipinski definition) is 0. The van der Waals surface area contributed by atoms with Gasteiger partial charge in [0.15, 0.2) is 43.1 Å². The van der Waals surface area contributed by atoms with Gasteiger partial charge in [0.25, 0.3) is 0 Å². The smallest absolute Gasteiger partial charge is 0.303 e. The summed E-state index contributed by atoms with van der Waals surface area (Å²) < 4.78 is 55.2. The molecule has 0 aromatic carbocycles. The minimum Gasteiger partial charge on any atom is -0.463 e. The van der Waals surface area contributed by atoms with Crippen molar-refractivity contribution in [3.8, 4) is 0 Å². The van der Waals surface area contributed by atoms with Gasteiger partial charge in [-0.25, -0.2) is 0 Å². The number of carbonyl (C=O) groups is 6. The second-order valence-electron chi connectivity index (χ2n) is 9.26. The number of esters is 6. The molecule has 0 aromatic heterocycles. The molecule has 232 valence electrons. The first-order chi connectivity index (χ1) is 19.1. The number of ether oxygens (including phenoxy) is 10. The van der Waals surface area contributed by atoms with Gasteiger partial charge in [0.2, 0.25) is 0 Å². The van der Waals surface area contributed by atoms with Gasteiger partial charge in [-0.05, 0) is 6.92 Å². The molecule has 0 aliphatic carbocycles. The van der Waals surface area contributed by atoms with Crippen molar-refractivity contribution in [1.82, 2.24) is 0 Å². The first kappa shape index (κ1) is 33.9. The van der Waals surface area contributed by atoms with Gasteiger partial charge in [0.1, 0.15) is 18.8 Å². The van der Waals surface area contributed by atoms with Gasteiger partial charge in [-0.3, -0.25) is 28.8 Å². The van der Waals surface area contributed by atoms with Gasteiger partial charge < -0.3 is 47.4 Å². The molecular formula is C25H36O16. The minimum atomic E-state index is -1.61. The Kier molecular flexibility index (Phi) is 12.4. The van der Waals surface area contributed by atoms with E-state index in [4.69, 9.17) is 47.4 Å².